The summed E-state index contributed by atoms with van der Waals surface area (Å²) in [4.78, 5) is 13.3. The summed E-state index contributed by atoms with van der Waals surface area (Å²) in [6.45, 7) is 2.14. The fraction of sp³-hybridized carbons (Fsp3) is 0.188. The van der Waals surface area contributed by atoms with Crippen LogP contribution in [0.15, 0.2) is 47.4 Å². The highest BCUT2D eigenvalue weighted by Crippen LogP contribution is 2.27. The van der Waals surface area contributed by atoms with Crippen molar-refractivity contribution in [2.24, 2.45) is 0 Å². The van der Waals surface area contributed by atoms with Crippen LogP contribution < -0.4 is 11.1 Å². The van der Waals surface area contributed by atoms with E-state index in [1.165, 1.54) is 0 Å². The number of amides is 1. The van der Waals surface area contributed by atoms with Crippen LogP contribution in [0, 0.1) is 3.57 Å². The van der Waals surface area contributed by atoms with E-state index < -0.39 is 0 Å². The lowest BCUT2D eigenvalue weighted by atomic mass is 10.2. The quantitative estimate of drug-likeness (QED) is 0.428. The lowest BCUT2D eigenvalue weighted by Gasteiger charge is -2.10. The third kappa shape index (κ3) is 4.64. The molecule has 0 unspecified atom stereocenters. The molecule has 0 saturated heterocycles. The molecule has 0 bridgehead atoms. The molecule has 5 heteroatoms. The van der Waals surface area contributed by atoms with Crippen molar-refractivity contribution in [3.8, 4) is 0 Å². The van der Waals surface area contributed by atoms with Crippen molar-refractivity contribution in [2.75, 3.05) is 16.8 Å². The minimum absolute atomic E-state index is 0.143. The highest BCUT2D eigenvalue weighted by molar-refractivity contribution is 14.1. The van der Waals surface area contributed by atoms with Crippen molar-refractivity contribution in [2.45, 2.75) is 18.2 Å². The largest absolute Gasteiger partial charge is 0.397 e. The molecule has 0 saturated carbocycles. The Bertz CT molecular complexity index is 629. The van der Waals surface area contributed by atoms with Crippen molar-refractivity contribution in [1.82, 2.24) is 0 Å². The molecule has 2 aromatic carbocycles. The van der Waals surface area contributed by atoms with Gasteiger partial charge in [-0.1, -0.05) is 6.92 Å². The van der Waals surface area contributed by atoms with Crippen LogP contribution in [0.4, 0.5) is 11.4 Å². The highest BCUT2D eigenvalue weighted by atomic mass is 127. The van der Waals surface area contributed by atoms with Crippen LogP contribution >= 0.6 is 34.4 Å². The van der Waals surface area contributed by atoms with Gasteiger partial charge in [0.15, 0.2) is 0 Å². The van der Waals surface area contributed by atoms with Gasteiger partial charge in [-0.2, -0.15) is 0 Å². The average molecular weight is 412 g/mol. The predicted octanol–water partition coefficient (Wildman–Crippen LogP) is 4.63. The molecule has 0 aliphatic rings. The molecular formula is C16H17IN2OS. The SMILES string of the molecule is CCCSc1ccc(N)c(NC(=O)c2ccc(I)cc2)c1. The van der Waals surface area contributed by atoms with Crippen LogP contribution in [0.2, 0.25) is 0 Å². The molecular weight excluding hydrogens is 395 g/mol. The molecule has 110 valence electrons. The monoisotopic (exact) mass is 412 g/mol. The number of carbonyl (C=O) groups is 1. The van der Waals surface area contributed by atoms with Gasteiger partial charge in [-0.05, 0) is 77.2 Å². The summed E-state index contributed by atoms with van der Waals surface area (Å²) in [5, 5.41) is 2.88. The Morgan fingerprint density at radius 1 is 1.24 bits per heavy atom. The van der Waals surface area contributed by atoms with Crippen molar-refractivity contribution >= 4 is 51.6 Å². The van der Waals surface area contributed by atoms with Crippen LogP contribution in [0.5, 0.6) is 0 Å². The van der Waals surface area contributed by atoms with E-state index in [1.807, 2.05) is 42.5 Å². The van der Waals surface area contributed by atoms with E-state index in [9.17, 15) is 4.79 Å². The first-order valence-electron chi connectivity index (χ1n) is 6.69. The van der Waals surface area contributed by atoms with E-state index in [-0.39, 0.29) is 5.91 Å². The topological polar surface area (TPSA) is 55.1 Å². The zero-order chi connectivity index (χ0) is 15.2. The van der Waals surface area contributed by atoms with Gasteiger partial charge in [0.05, 0.1) is 11.4 Å². The van der Waals surface area contributed by atoms with E-state index in [0.717, 1.165) is 20.6 Å². The number of hydrogen-bond donors (Lipinski definition) is 2. The zero-order valence-electron chi connectivity index (χ0n) is 11.7. The van der Waals surface area contributed by atoms with Crippen molar-refractivity contribution < 1.29 is 4.79 Å². The van der Waals surface area contributed by atoms with Crippen LogP contribution in [0.1, 0.15) is 23.7 Å². The fourth-order valence-corrected chi connectivity index (χ4v) is 2.91. The molecule has 0 aliphatic carbocycles. The van der Waals surface area contributed by atoms with Gasteiger partial charge in [-0.15, -0.1) is 11.8 Å². The van der Waals surface area contributed by atoms with Gasteiger partial charge in [0.1, 0.15) is 0 Å². The molecule has 0 aliphatic heterocycles. The summed E-state index contributed by atoms with van der Waals surface area (Å²) in [5.74, 6) is 0.907. The lowest BCUT2D eigenvalue weighted by Crippen LogP contribution is -2.13. The molecule has 0 spiro atoms. The third-order valence-electron chi connectivity index (χ3n) is 2.85. The van der Waals surface area contributed by atoms with E-state index in [4.69, 9.17) is 5.73 Å². The van der Waals surface area contributed by atoms with Crippen LogP contribution in [0.25, 0.3) is 0 Å². The van der Waals surface area contributed by atoms with Gasteiger partial charge in [0, 0.05) is 14.0 Å². The van der Waals surface area contributed by atoms with Gasteiger partial charge < -0.3 is 11.1 Å². The lowest BCUT2D eigenvalue weighted by molar-refractivity contribution is 0.102. The highest BCUT2D eigenvalue weighted by Gasteiger charge is 2.09. The number of nitrogen functional groups attached to an aromatic ring is 1. The molecule has 2 rings (SSSR count). The number of halogens is 1. The number of rotatable bonds is 5. The normalized spacial score (nSPS) is 10.4. The molecule has 0 atom stereocenters. The number of nitrogens with two attached hydrogens (primary N) is 1. The number of thioether (sulfide) groups is 1. The maximum atomic E-state index is 12.2. The number of hydrogen-bond acceptors (Lipinski definition) is 3. The Morgan fingerprint density at radius 3 is 2.62 bits per heavy atom. The molecule has 0 radical (unpaired) electrons. The molecule has 2 aromatic rings. The number of nitrogens with one attached hydrogen (secondary N) is 1. The molecule has 3 N–H and O–H groups in total. The molecule has 0 aromatic heterocycles. The number of anilines is 2. The van der Waals surface area contributed by atoms with E-state index in [2.05, 4.69) is 34.8 Å². The van der Waals surface area contributed by atoms with E-state index in [0.29, 0.717) is 16.9 Å². The Morgan fingerprint density at radius 2 is 1.95 bits per heavy atom. The summed E-state index contributed by atoms with van der Waals surface area (Å²) in [5.41, 5.74) is 7.81. The van der Waals surface area contributed by atoms with Gasteiger partial charge in [0.25, 0.3) is 5.91 Å². The minimum Gasteiger partial charge on any atom is -0.397 e. The minimum atomic E-state index is -0.143. The second-order valence-corrected chi connectivity index (χ2v) is 6.97. The van der Waals surface area contributed by atoms with Gasteiger partial charge in [0.2, 0.25) is 0 Å². The maximum Gasteiger partial charge on any atom is 0.255 e. The Hall–Kier alpha value is -1.21. The first-order valence-corrected chi connectivity index (χ1v) is 8.76. The second-order valence-electron chi connectivity index (χ2n) is 4.56. The summed E-state index contributed by atoms with van der Waals surface area (Å²) < 4.78 is 1.10. The van der Waals surface area contributed by atoms with Crippen molar-refractivity contribution in [3.05, 3.63) is 51.6 Å². The van der Waals surface area contributed by atoms with Gasteiger partial charge in [-0.3, -0.25) is 4.79 Å². The Balaban J connectivity index is 2.14. The van der Waals surface area contributed by atoms with Gasteiger partial charge >= 0.3 is 0 Å². The predicted molar refractivity (Wildman–Crippen MR) is 99.0 cm³/mol. The molecule has 0 heterocycles. The van der Waals surface area contributed by atoms with E-state index >= 15 is 0 Å². The van der Waals surface area contributed by atoms with Crippen molar-refractivity contribution in [1.29, 1.82) is 0 Å². The van der Waals surface area contributed by atoms with E-state index in [1.54, 1.807) is 11.8 Å². The van der Waals surface area contributed by atoms with Gasteiger partial charge in [-0.25, -0.2) is 0 Å². The van der Waals surface area contributed by atoms with Crippen LogP contribution in [-0.2, 0) is 0 Å². The first-order chi connectivity index (χ1) is 10.1. The molecule has 3 nitrogen and oxygen atoms in total. The summed E-state index contributed by atoms with van der Waals surface area (Å²) in [6.07, 6.45) is 1.11. The average Bonchev–Trinajstić information content (AvgIpc) is 2.48. The second kappa shape index (κ2) is 7.70. The van der Waals surface area contributed by atoms with Crippen molar-refractivity contribution in [3.63, 3.8) is 0 Å². The number of benzene rings is 2. The molecule has 0 fully saturated rings. The first kappa shape index (κ1) is 16.2. The molecule has 1 amide bonds. The zero-order valence-corrected chi connectivity index (χ0v) is 14.7. The maximum absolute atomic E-state index is 12.2. The third-order valence-corrected chi connectivity index (χ3v) is 4.77. The standard InChI is InChI=1S/C16H17IN2OS/c1-2-9-21-13-7-8-14(18)15(10-13)19-16(20)11-3-5-12(17)6-4-11/h3-8,10H,2,9,18H2,1H3,(H,19,20). The summed E-state index contributed by atoms with van der Waals surface area (Å²) in [6, 6.07) is 13.2. The Labute approximate surface area is 142 Å². The summed E-state index contributed by atoms with van der Waals surface area (Å²) >= 11 is 3.97. The Kier molecular flexibility index (Phi) is 5.93. The molecule has 21 heavy (non-hydrogen) atoms. The van der Waals surface area contributed by atoms with Crippen LogP contribution in [0.3, 0.4) is 0 Å². The van der Waals surface area contributed by atoms with Crippen LogP contribution in [-0.4, -0.2) is 11.7 Å². The summed E-state index contributed by atoms with van der Waals surface area (Å²) in [7, 11) is 0. The smallest absolute Gasteiger partial charge is 0.255 e. The number of carbonyl (C=O) groups excluding carboxylic acids is 1. The fourth-order valence-electron chi connectivity index (χ4n) is 1.75.